The van der Waals surface area contributed by atoms with Gasteiger partial charge in [-0.05, 0) is 25.7 Å². The number of amides is 3. The van der Waals surface area contributed by atoms with Gasteiger partial charge in [-0.1, -0.05) is 20.8 Å². The van der Waals surface area contributed by atoms with E-state index < -0.39 is 0 Å². The number of hydrogen-bond acceptors (Lipinski definition) is 3. The summed E-state index contributed by atoms with van der Waals surface area (Å²) in [6.07, 6.45) is 2.32. The van der Waals surface area contributed by atoms with Crippen LogP contribution in [-0.2, 0) is 9.53 Å². The Kier molecular flexibility index (Phi) is 3.86. The molecular formula is C17H29N3O3. The highest BCUT2D eigenvalue weighted by Crippen LogP contribution is 2.51. The largest absolute Gasteiger partial charge is 0.378 e. The lowest BCUT2D eigenvalue weighted by Gasteiger charge is -2.59. The summed E-state index contributed by atoms with van der Waals surface area (Å²) in [5, 5.41) is 6.01. The molecule has 130 valence electrons. The van der Waals surface area contributed by atoms with Crippen molar-refractivity contribution in [1.82, 2.24) is 15.5 Å². The van der Waals surface area contributed by atoms with E-state index in [4.69, 9.17) is 4.74 Å². The van der Waals surface area contributed by atoms with E-state index in [0.29, 0.717) is 24.9 Å². The fourth-order valence-corrected chi connectivity index (χ4v) is 3.99. The normalized spacial score (nSPS) is 41.4. The highest BCUT2D eigenvalue weighted by molar-refractivity contribution is 5.82. The molecule has 2 saturated carbocycles. The third kappa shape index (κ3) is 2.71. The molecule has 2 N–H and O–H groups in total. The van der Waals surface area contributed by atoms with E-state index >= 15 is 0 Å². The average molecular weight is 323 g/mol. The fourth-order valence-electron chi connectivity index (χ4n) is 3.99. The van der Waals surface area contributed by atoms with E-state index in [1.165, 1.54) is 0 Å². The minimum Gasteiger partial charge on any atom is -0.378 e. The molecule has 3 rings (SSSR count). The molecule has 1 aliphatic heterocycles. The molecule has 1 heterocycles. The summed E-state index contributed by atoms with van der Waals surface area (Å²) >= 11 is 0. The minimum absolute atomic E-state index is 0.0766. The van der Waals surface area contributed by atoms with E-state index in [1.54, 1.807) is 7.11 Å². The topological polar surface area (TPSA) is 70.7 Å². The van der Waals surface area contributed by atoms with Gasteiger partial charge in [0.05, 0.1) is 11.6 Å². The van der Waals surface area contributed by atoms with Crippen molar-refractivity contribution >= 4 is 11.9 Å². The van der Waals surface area contributed by atoms with Crippen LogP contribution >= 0.6 is 0 Å². The Morgan fingerprint density at radius 2 is 1.96 bits per heavy atom. The van der Waals surface area contributed by atoms with Gasteiger partial charge in [0.1, 0.15) is 0 Å². The molecule has 23 heavy (non-hydrogen) atoms. The number of hydrogen-bond donors (Lipinski definition) is 2. The van der Waals surface area contributed by atoms with Gasteiger partial charge in [-0.3, -0.25) is 4.79 Å². The lowest BCUT2D eigenvalue weighted by molar-refractivity contribution is -0.177. The molecule has 0 aromatic rings. The Labute approximate surface area is 138 Å². The summed E-state index contributed by atoms with van der Waals surface area (Å²) in [6, 6.07) is 0.228. The predicted octanol–water partition coefficient (Wildman–Crippen LogP) is 1.50. The average Bonchev–Trinajstić information content (AvgIpc) is 3.08. The summed E-state index contributed by atoms with van der Waals surface area (Å²) < 4.78 is 5.58. The second-order valence-corrected chi connectivity index (χ2v) is 8.26. The zero-order chi connectivity index (χ0) is 17.0. The van der Waals surface area contributed by atoms with E-state index in [9.17, 15) is 9.59 Å². The molecule has 5 atom stereocenters. The van der Waals surface area contributed by atoms with Gasteiger partial charge in [0, 0.05) is 37.6 Å². The summed E-state index contributed by atoms with van der Waals surface area (Å²) in [5.74, 6) is 0.773. The van der Waals surface area contributed by atoms with Crippen LogP contribution in [0.15, 0.2) is 0 Å². The number of carbonyl (C=O) groups is 2. The number of ether oxygens (including phenoxy) is 1. The number of nitrogens with one attached hydrogen (secondary N) is 2. The van der Waals surface area contributed by atoms with E-state index in [1.807, 2.05) is 4.90 Å². The third-order valence-corrected chi connectivity index (χ3v) is 6.54. The summed E-state index contributed by atoms with van der Waals surface area (Å²) in [5.41, 5.74) is -0.312. The van der Waals surface area contributed by atoms with Gasteiger partial charge in [-0.15, -0.1) is 0 Å². The number of likely N-dealkylation sites (tertiary alicyclic amines) is 1. The molecule has 0 aromatic heterocycles. The van der Waals surface area contributed by atoms with Crippen molar-refractivity contribution in [3.63, 3.8) is 0 Å². The minimum atomic E-state index is -0.201. The number of urea groups is 1. The Bertz CT molecular complexity index is 521. The number of methoxy groups -OCH3 is 1. The zero-order valence-corrected chi connectivity index (χ0v) is 14.8. The first-order chi connectivity index (χ1) is 10.7. The van der Waals surface area contributed by atoms with Crippen molar-refractivity contribution in [2.75, 3.05) is 13.7 Å². The quantitative estimate of drug-likeness (QED) is 0.823. The second-order valence-electron chi connectivity index (χ2n) is 8.26. The first kappa shape index (κ1) is 16.6. The van der Waals surface area contributed by atoms with Crippen LogP contribution in [0.2, 0.25) is 0 Å². The molecule has 3 amide bonds. The fraction of sp³-hybridized carbons (Fsp3) is 0.882. The van der Waals surface area contributed by atoms with Crippen molar-refractivity contribution < 1.29 is 14.3 Å². The van der Waals surface area contributed by atoms with Crippen molar-refractivity contribution in [1.29, 1.82) is 0 Å². The van der Waals surface area contributed by atoms with Crippen LogP contribution < -0.4 is 10.6 Å². The molecule has 0 bridgehead atoms. The highest BCUT2D eigenvalue weighted by Gasteiger charge is 2.58. The van der Waals surface area contributed by atoms with Gasteiger partial charge in [0.15, 0.2) is 0 Å². The van der Waals surface area contributed by atoms with Gasteiger partial charge >= 0.3 is 6.03 Å². The molecule has 5 unspecified atom stereocenters. The Morgan fingerprint density at radius 3 is 2.48 bits per heavy atom. The standard InChI is InChI=1S/C17H29N3O3/c1-10-6-12(10)20-9-11(7-14(20)21)18-15(22)19-13-8-17(4,23-5)16(13,2)3/h10-13H,6-9H2,1-5H3,(H2,18,19,22). The molecule has 3 aliphatic rings. The zero-order valence-electron chi connectivity index (χ0n) is 14.8. The van der Waals surface area contributed by atoms with Gasteiger partial charge in [0.25, 0.3) is 0 Å². The molecule has 0 spiro atoms. The maximum Gasteiger partial charge on any atom is 0.315 e. The van der Waals surface area contributed by atoms with Gasteiger partial charge in [0.2, 0.25) is 5.91 Å². The second kappa shape index (κ2) is 5.36. The van der Waals surface area contributed by atoms with Crippen LogP contribution in [0, 0.1) is 11.3 Å². The SMILES string of the molecule is COC1(C)CC(NC(=O)NC2CC(=O)N(C3CC3C)C2)C1(C)C. The molecule has 3 fully saturated rings. The maximum absolute atomic E-state index is 12.3. The molecule has 6 nitrogen and oxygen atoms in total. The number of rotatable bonds is 4. The first-order valence-corrected chi connectivity index (χ1v) is 8.59. The van der Waals surface area contributed by atoms with E-state index in [0.717, 1.165) is 12.8 Å². The van der Waals surface area contributed by atoms with Crippen molar-refractivity contribution in [3.05, 3.63) is 0 Å². The van der Waals surface area contributed by atoms with Gasteiger partial charge < -0.3 is 20.3 Å². The number of nitrogens with zero attached hydrogens (tertiary/aromatic N) is 1. The monoisotopic (exact) mass is 323 g/mol. The van der Waals surface area contributed by atoms with Gasteiger partial charge in [-0.2, -0.15) is 0 Å². The van der Waals surface area contributed by atoms with Crippen molar-refractivity contribution in [3.8, 4) is 0 Å². The highest BCUT2D eigenvalue weighted by atomic mass is 16.5. The predicted molar refractivity (Wildman–Crippen MR) is 87.0 cm³/mol. The smallest absolute Gasteiger partial charge is 0.315 e. The summed E-state index contributed by atoms with van der Waals surface area (Å²) in [4.78, 5) is 26.2. The van der Waals surface area contributed by atoms with Crippen LogP contribution in [0.3, 0.4) is 0 Å². The van der Waals surface area contributed by atoms with Crippen LogP contribution in [0.1, 0.15) is 47.0 Å². The van der Waals surface area contributed by atoms with E-state index in [-0.39, 0.29) is 35.0 Å². The van der Waals surface area contributed by atoms with Crippen LogP contribution in [0.4, 0.5) is 4.79 Å². The molecule has 2 aliphatic carbocycles. The van der Waals surface area contributed by atoms with E-state index in [2.05, 4.69) is 38.3 Å². The summed E-state index contributed by atoms with van der Waals surface area (Å²) in [7, 11) is 1.72. The first-order valence-electron chi connectivity index (χ1n) is 8.59. The van der Waals surface area contributed by atoms with Gasteiger partial charge in [-0.25, -0.2) is 4.79 Å². The molecule has 6 heteroatoms. The molecule has 0 aromatic carbocycles. The van der Waals surface area contributed by atoms with Crippen molar-refractivity contribution in [2.24, 2.45) is 11.3 Å². The lowest BCUT2D eigenvalue weighted by Crippen LogP contribution is -2.69. The molecule has 1 saturated heterocycles. The lowest BCUT2D eigenvalue weighted by atomic mass is 9.56. The van der Waals surface area contributed by atoms with Crippen LogP contribution in [0.5, 0.6) is 0 Å². The molecular weight excluding hydrogens is 294 g/mol. The Morgan fingerprint density at radius 1 is 1.30 bits per heavy atom. The Hall–Kier alpha value is -1.30. The van der Waals surface area contributed by atoms with Crippen LogP contribution in [0.25, 0.3) is 0 Å². The summed E-state index contributed by atoms with van der Waals surface area (Å²) in [6.45, 7) is 9.11. The number of carbonyl (C=O) groups excluding carboxylic acids is 2. The molecule has 0 radical (unpaired) electrons. The Balaban J connectivity index is 1.49. The maximum atomic E-state index is 12.3. The third-order valence-electron chi connectivity index (χ3n) is 6.54. The van der Waals surface area contributed by atoms with Crippen molar-refractivity contribution in [2.45, 2.75) is 70.7 Å². The van der Waals surface area contributed by atoms with Crippen LogP contribution in [-0.4, -0.2) is 54.2 Å².